The summed E-state index contributed by atoms with van der Waals surface area (Å²) in [5.41, 5.74) is 10.8. The topological polar surface area (TPSA) is 53.0 Å². The predicted octanol–water partition coefficient (Wildman–Crippen LogP) is 5.62. The maximum Gasteiger partial charge on any atom is 0.0991 e. The number of hydrogen-bond acceptors (Lipinski definition) is 3. The van der Waals surface area contributed by atoms with Crippen molar-refractivity contribution >= 4 is 0 Å². The van der Waals surface area contributed by atoms with Crippen molar-refractivity contribution in [3.8, 4) is 6.07 Å². The number of hydrogen-bond donors (Lipinski definition) is 1. The second-order valence-electron chi connectivity index (χ2n) is 10.0. The van der Waals surface area contributed by atoms with Gasteiger partial charge in [-0.2, -0.15) is 5.26 Å². The molecule has 0 amide bonds. The van der Waals surface area contributed by atoms with Gasteiger partial charge in [0, 0.05) is 19.6 Å². The second-order valence-corrected chi connectivity index (χ2v) is 10.0. The average Bonchev–Trinajstić information content (AvgIpc) is 2.74. The normalized spacial score (nSPS) is 19.6. The van der Waals surface area contributed by atoms with Crippen LogP contribution in [-0.4, -0.2) is 18.0 Å². The zero-order chi connectivity index (χ0) is 21.6. The van der Waals surface area contributed by atoms with E-state index in [4.69, 9.17) is 11.0 Å². The fourth-order valence-corrected chi connectivity index (χ4v) is 4.51. The van der Waals surface area contributed by atoms with E-state index in [1.165, 1.54) is 42.4 Å². The molecule has 1 saturated carbocycles. The van der Waals surface area contributed by atoms with E-state index in [9.17, 15) is 0 Å². The Bertz CT molecular complexity index is 816. The third kappa shape index (κ3) is 6.42. The minimum Gasteiger partial charge on any atom is -0.330 e. The van der Waals surface area contributed by atoms with Crippen LogP contribution in [0.25, 0.3) is 0 Å². The molecular formula is C27H37N3. The van der Waals surface area contributed by atoms with Crippen molar-refractivity contribution < 1.29 is 0 Å². The third-order valence-electron chi connectivity index (χ3n) is 6.53. The molecule has 30 heavy (non-hydrogen) atoms. The van der Waals surface area contributed by atoms with Gasteiger partial charge in [-0.15, -0.1) is 0 Å². The maximum atomic E-state index is 9.07. The summed E-state index contributed by atoms with van der Waals surface area (Å²) >= 11 is 0. The van der Waals surface area contributed by atoms with Crippen molar-refractivity contribution in [2.24, 2.45) is 17.6 Å². The van der Waals surface area contributed by atoms with E-state index in [0.717, 1.165) is 43.6 Å². The molecule has 0 radical (unpaired) electrons. The molecule has 0 aliphatic heterocycles. The van der Waals surface area contributed by atoms with Crippen LogP contribution in [0, 0.1) is 23.2 Å². The zero-order valence-corrected chi connectivity index (χ0v) is 18.9. The summed E-state index contributed by atoms with van der Waals surface area (Å²) in [5, 5.41) is 9.07. The Labute approximate surface area is 182 Å². The molecule has 0 unspecified atom stereocenters. The number of nitrogens with two attached hydrogens (primary N) is 1. The predicted molar refractivity (Wildman–Crippen MR) is 125 cm³/mol. The van der Waals surface area contributed by atoms with Crippen molar-refractivity contribution in [1.29, 1.82) is 5.26 Å². The van der Waals surface area contributed by atoms with E-state index in [-0.39, 0.29) is 5.41 Å². The van der Waals surface area contributed by atoms with Crippen LogP contribution in [0.2, 0.25) is 0 Å². The summed E-state index contributed by atoms with van der Waals surface area (Å²) in [7, 11) is 0. The van der Waals surface area contributed by atoms with Gasteiger partial charge in [0.05, 0.1) is 11.6 Å². The highest BCUT2D eigenvalue weighted by Gasteiger charge is 2.22. The van der Waals surface area contributed by atoms with Crippen molar-refractivity contribution in [2.45, 2.75) is 65.0 Å². The second kappa shape index (κ2) is 10.2. The summed E-state index contributed by atoms with van der Waals surface area (Å²) in [4.78, 5) is 2.58. The summed E-state index contributed by atoms with van der Waals surface area (Å²) in [6.07, 6.45) is 5.11. The lowest BCUT2D eigenvalue weighted by Crippen LogP contribution is -2.32. The summed E-state index contributed by atoms with van der Waals surface area (Å²) in [6, 6.07) is 19.4. The number of rotatable bonds is 7. The molecular weight excluding hydrogens is 366 g/mol. The van der Waals surface area contributed by atoms with E-state index in [1.807, 2.05) is 12.1 Å². The van der Waals surface area contributed by atoms with E-state index in [0.29, 0.717) is 0 Å². The molecule has 1 aliphatic rings. The van der Waals surface area contributed by atoms with Crippen LogP contribution < -0.4 is 5.73 Å². The molecule has 0 saturated heterocycles. The van der Waals surface area contributed by atoms with E-state index < -0.39 is 0 Å². The van der Waals surface area contributed by atoms with Gasteiger partial charge in [0.2, 0.25) is 0 Å². The molecule has 2 aromatic carbocycles. The van der Waals surface area contributed by atoms with Crippen LogP contribution in [0.5, 0.6) is 0 Å². The van der Waals surface area contributed by atoms with Gasteiger partial charge >= 0.3 is 0 Å². The van der Waals surface area contributed by atoms with Gasteiger partial charge in [0.1, 0.15) is 0 Å². The standard InChI is InChI=1S/C27H37N3/c1-27(2,3)26-14-12-25(13-15-26)20-30(18-23-8-4-21(16-28)5-9-23)19-24-10-6-22(17-29)7-11-24/h4-5,8-9,12-15,22,24H,6-7,10-11,17-20,29H2,1-3H3. The van der Waals surface area contributed by atoms with Crippen LogP contribution in [0.15, 0.2) is 48.5 Å². The fourth-order valence-electron chi connectivity index (χ4n) is 4.51. The van der Waals surface area contributed by atoms with Gasteiger partial charge < -0.3 is 5.73 Å². The molecule has 1 fully saturated rings. The Hall–Kier alpha value is -2.15. The number of benzene rings is 2. The molecule has 3 nitrogen and oxygen atoms in total. The molecule has 0 heterocycles. The summed E-state index contributed by atoms with van der Waals surface area (Å²) < 4.78 is 0. The number of nitrogens with zero attached hydrogens (tertiary/aromatic N) is 2. The van der Waals surface area contributed by atoms with Crippen molar-refractivity contribution in [2.75, 3.05) is 13.1 Å². The van der Waals surface area contributed by atoms with Gasteiger partial charge in [-0.05, 0) is 78.3 Å². The fraction of sp³-hybridized carbons (Fsp3) is 0.519. The minimum atomic E-state index is 0.183. The molecule has 3 rings (SSSR count). The quantitative estimate of drug-likeness (QED) is 0.652. The van der Waals surface area contributed by atoms with Crippen molar-refractivity contribution in [1.82, 2.24) is 4.90 Å². The van der Waals surface area contributed by atoms with Gasteiger partial charge in [0.15, 0.2) is 0 Å². The lowest BCUT2D eigenvalue weighted by molar-refractivity contribution is 0.170. The van der Waals surface area contributed by atoms with Gasteiger partial charge in [-0.1, -0.05) is 57.2 Å². The monoisotopic (exact) mass is 403 g/mol. The molecule has 1 aliphatic carbocycles. The number of nitriles is 1. The van der Waals surface area contributed by atoms with Crippen LogP contribution in [0.3, 0.4) is 0 Å². The first-order valence-electron chi connectivity index (χ1n) is 11.4. The first kappa shape index (κ1) is 22.5. The summed E-state index contributed by atoms with van der Waals surface area (Å²) in [5.74, 6) is 1.47. The molecule has 2 aromatic rings. The highest BCUT2D eigenvalue weighted by Crippen LogP contribution is 2.30. The van der Waals surface area contributed by atoms with E-state index in [1.54, 1.807) is 0 Å². The zero-order valence-electron chi connectivity index (χ0n) is 18.9. The first-order chi connectivity index (χ1) is 14.4. The average molecular weight is 404 g/mol. The highest BCUT2D eigenvalue weighted by molar-refractivity contribution is 5.32. The lowest BCUT2D eigenvalue weighted by Gasteiger charge is -2.32. The highest BCUT2D eigenvalue weighted by atomic mass is 15.1. The first-order valence-corrected chi connectivity index (χ1v) is 11.4. The molecule has 0 spiro atoms. The summed E-state index contributed by atoms with van der Waals surface area (Å²) in [6.45, 7) is 10.6. The Morgan fingerprint density at radius 3 is 1.83 bits per heavy atom. The maximum absolute atomic E-state index is 9.07. The van der Waals surface area contributed by atoms with Crippen LogP contribution in [0.4, 0.5) is 0 Å². The molecule has 2 N–H and O–H groups in total. The SMILES string of the molecule is CC(C)(C)c1ccc(CN(Cc2ccc(C#N)cc2)CC2CCC(CN)CC2)cc1. The Kier molecular flexibility index (Phi) is 7.69. The Balaban J connectivity index is 1.70. The Morgan fingerprint density at radius 1 is 0.867 bits per heavy atom. The molecule has 0 bridgehead atoms. The van der Waals surface area contributed by atoms with Gasteiger partial charge in [-0.3, -0.25) is 4.90 Å². The van der Waals surface area contributed by atoms with Crippen molar-refractivity contribution in [3.05, 3.63) is 70.8 Å². The molecule has 0 atom stereocenters. The van der Waals surface area contributed by atoms with Crippen LogP contribution in [0.1, 0.15) is 68.7 Å². The van der Waals surface area contributed by atoms with E-state index in [2.05, 4.69) is 68.1 Å². The van der Waals surface area contributed by atoms with Crippen LogP contribution >= 0.6 is 0 Å². The van der Waals surface area contributed by atoms with Gasteiger partial charge in [0.25, 0.3) is 0 Å². The molecule has 3 heteroatoms. The lowest BCUT2D eigenvalue weighted by atomic mass is 9.81. The van der Waals surface area contributed by atoms with Gasteiger partial charge in [-0.25, -0.2) is 0 Å². The third-order valence-corrected chi connectivity index (χ3v) is 6.53. The largest absolute Gasteiger partial charge is 0.330 e. The minimum absolute atomic E-state index is 0.183. The van der Waals surface area contributed by atoms with E-state index >= 15 is 0 Å². The Morgan fingerprint density at radius 2 is 1.37 bits per heavy atom. The molecule has 0 aromatic heterocycles. The smallest absolute Gasteiger partial charge is 0.0991 e. The molecule has 160 valence electrons. The van der Waals surface area contributed by atoms with Crippen molar-refractivity contribution in [3.63, 3.8) is 0 Å². The van der Waals surface area contributed by atoms with Crippen LogP contribution in [-0.2, 0) is 18.5 Å².